The molecule has 226 valence electrons. The molecule has 2 amide bonds. The fraction of sp³-hybridized carbons (Fsp3) is 0.517. The molecule has 2 saturated carbocycles. The molecular weight excluding hydrogens is 546 g/mol. The lowest BCUT2D eigenvalue weighted by molar-refractivity contribution is -0.153. The molecule has 3 unspecified atom stereocenters. The Morgan fingerprint density at radius 3 is 2.36 bits per heavy atom. The van der Waals surface area contributed by atoms with E-state index in [1.807, 2.05) is 0 Å². The van der Waals surface area contributed by atoms with Gasteiger partial charge in [-0.05, 0) is 69.8 Å². The molecule has 0 bridgehead atoms. The number of Topliss-reactive ketones (excluding diaryl/α,β-unsaturated/α-hetero) is 2. The number of primary amides is 1. The first kappa shape index (κ1) is 29.5. The molecule has 42 heavy (non-hydrogen) atoms. The Kier molecular flexibility index (Phi) is 7.32. The zero-order valence-electron chi connectivity index (χ0n) is 24.0. The minimum atomic E-state index is -2.72. The predicted octanol–water partition coefficient (Wildman–Crippen LogP) is -0.0319. The Bertz CT molecular complexity index is 1460. The maximum absolute atomic E-state index is 14.0. The molecule has 2 fully saturated rings. The number of aromatic hydroxyl groups is 1. The Morgan fingerprint density at radius 1 is 1.12 bits per heavy atom. The number of carbonyl (C=O) groups excluding carboxylic acids is 4. The highest BCUT2D eigenvalue weighted by Crippen LogP contribution is 2.54. The van der Waals surface area contributed by atoms with Crippen molar-refractivity contribution in [3.63, 3.8) is 0 Å². The van der Waals surface area contributed by atoms with Gasteiger partial charge < -0.3 is 41.7 Å². The zero-order valence-corrected chi connectivity index (χ0v) is 24.0. The number of nitrogens with two attached hydrogens (primary N) is 1. The number of aliphatic hydroxyl groups is 3. The number of rotatable bonds is 8. The van der Waals surface area contributed by atoms with Crippen LogP contribution < -0.4 is 21.3 Å². The lowest BCUT2D eigenvalue weighted by atomic mass is 9.57. The lowest BCUT2D eigenvalue weighted by Gasteiger charge is -2.50. The highest BCUT2D eigenvalue weighted by Gasteiger charge is 2.64. The topological polar surface area (TPSA) is 206 Å². The van der Waals surface area contributed by atoms with Crippen LogP contribution in [0.4, 0.5) is 11.4 Å². The number of phenols is 1. The van der Waals surface area contributed by atoms with Gasteiger partial charge in [-0.1, -0.05) is 0 Å². The monoisotopic (exact) mass is 583 g/mol. The summed E-state index contributed by atoms with van der Waals surface area (Å²) >= 11 is 0. The number of carbonyl (C=O) groups is 4. The van der Waals surface area contributed by atoms with Crippen LogP contribution in [0, 0.1) is 17.8 Å². The minimum Gasteiger partial charge on any atom is -0.508 e. The van der Waals surface area contributed by atoms with Crippen LogP contribution in [0.3, 0.4) is 0 Å². The van der Waals surface area contributed by atoms with E-state index < -0.39 is 69.7 Å². The van der Waals surface area contributed by atoms with Crippen molar-refractivity contribution in [2.24, 2.45) is 23.5 Å². The molecule has 13 nitrogen and oxygen atoms in total. The van der Waals surface area contributed by atoms with Gasteiger partial charge in [0.15, 0.2) is 11.4 Å². The molecule has 0 aromatic heterocycles. The number of hydrogen-bond donors (Lipinski definition) is 7. The summed E-state index contributed by atoms with van der Waals surface area (Å²) < 4.78 is 0. The van der Waals surface area contributed by atoms with Crippen LogP contribution in [0.5, 0.6) is 5.75 Å². The molecule has 4 atom stereocenters. The van der Waals surface area contributed by atoms with Crippen LogP contribution in [0.25, 0.3) is 5.76 Å². The molecule has 0 heterocycles. The molecule has 1 aromatic carbocycles. The number of phenolic OH excluding ortho intramolecular Hbond substituents is 1. The number of likely N-dealkylation sites (N-methyl/N-ethyl adjacent to an activating group) is 1. The van der Waals surface area contributed by atoms with E-state index in [-0.39, 0.29) is 36.2 Å². The van der Waals surface area contributed by atoms with Crippen LogP contribution in [-0.2, 0) is 25.6 Å². The summed E-state index contributed by atoms with van der Waals surface area (Å²) in [6.45, 7) is 0.734. The fourth-order valence-electron chi connectivity index (χ4n) is 6.69. The highest BCUT2D eigenvalue weighted by molar-refractivity contribution is 6.24. The molecule has 13 heteroatoms. The van der Waals surface area contributed by atoms with Crippen molar-refractivity contribution in [1.82, 2.24) is 10.2 Å². The molecular formula is C29H37N5O8. The van der Waals surface area contributed by atoms with Gasteiger partial charge in [-0.15, -0.1) is 0 Å². The first-order valence-corrected chi connectivity index (χ1v) is 13.9. The van der Waals surface area contributed by atoms with Crippen LogP contribution in [0.15, 0.2) is 23.0 Å². The van der Waals surface area contributed by atoms with Gasteiger partial charge in [0.05, 0.1) is 23.8 Å². The number of anilines is 2. The van der Waals surface area contributed by atoms with Gasteiger partial charge in [-0.3, -0.25) is 24.1 Å². The molecule has 1 aromatic rings. The number of ketones is 2. The summed E-state index contributed by atoms with van der Waals surface area (Å²) in [6.07, 6.45) is 2.39. The number of benzene rings is 1. The highest BCUT2D eigenvalue weighted by atomic mass is 16.3. The Morgan fingerprint density at radius 2 is 1.79 bits per heavy atom. The number of fused-ring (bicyclic) bond motifs is 3. The maximum atomic E-state index is 14.0. The molecule has 8 N–H and O–H groups in total. The van der Waals surface area contributed by atoms with Gasteiger partial charge >= 0.3 is 0 Å². The standard InChI is InChI=1S/C29H37N5O8/c1-33(2)17-9-16(32-18(35)11-31-10-12-5-6-12)23(36)20-14(17)7-13-8-15-22(34(3)4)25(38)21(28(30)41)27(40)29(15,42)26(39)19(13)24(20)37/h9,12-13,15,22,31,36-37,40,42H,5-8,10-11H2,1-4H3,(H2,30,41)(H,32,35)/t13?,15?,22-,29?/m0/s1. The summed E-state index contributed by atoms with van der Waals surface area (Å²) in [4.78, 5) is 55.3. The average molecular weight is 584 g/mol. The molecule has 4 aliphatic carbocycles. The third-order valence-corrected chi connectivity index (χ3v) is 8.87. The summed E-state index contributed by atoms with van der Waals surface area (Å²) in [5.41, 5.74) is 2.56. The molecule has 5 rings (SSSR count). The quantitative estimate of drug-likeness (QED) is 0.160. The molecule has 4 aliphatic rings. The molecule has 0 aliphatic heterocycles. The summed E-state index contributed by atoms with van der Waals surface area (Å²) in [6, 6.07) is 0.433. The van der Waals surface area contributed by atoms with Crippen LogP contribution in [0.2, 0.25) is 0 Å². The zero-order chi connectivity index (χ0) is 30.8. The smallest absolute Gasteiger partial charge is 0.255 e. The van der Waals surface area contributed by atoms with Gasteiger partial charge in [0.25, 0.3) is 5.91 Å². The van der Waals surface area contributed by atoms with Gasteiger partial charge in [0.2, 0.25) is 11.7 Å². The number of nitrogens with zero attached hydrogens (tertiary/aromatic N) is 2. The van der Waals surface area contributed by atoms with E-state index in [9.17, 15) is 39.6 Å². The van der Waals surface area contributed by atoms with Crippen molar-refractivity contribution in [2.45, 2.75) is 37.3 Å². The van der Waals surface area contributed by atoms with Crippen molar-refractivity contribution in [1.29, 1.82) is 0 Å². The summed E-state index contributed by atoms with van der Waals surface area (Å²) in [5.74, 6) is -7.10. The van der Waals surface area contributed by atoms with Gasteiger partial charge in [0.1, 0.15) is 22.8 Å². The van der Waals surface area contributed by atoms with E-state index in [2.05, 4.69) is 10.6 Å². The lowest BCUT2D eigenvalue weighted by Crippen LogP contribution is -2.65. The molecule has 0 spiro atoms. The van der Waals surface area contributed by atoms with Crippen molar-refractivity contribution in [2.75, 3.05) is 51.5 Å². The van der Waals surface area contributed by atoms with Gasteiger partial charge in [-0.25, -0.2) is 0 Å². The van der Waals surface area contributed by atoms with E-state index in [1.54, 1.807) is 39.2 Å². The summed E-state index contributed by atoms with van der Waals surface area (Å²) in [7, 11) is 6.61. The largest absolute Gasteiger partial charge is 0.508 e. The first-order valence-electron chi connectivity index (χ1n) is 13.9. The van der Waals surface area contributed by atoms with Crippen molar-refractivity contribution < 1.29 is 39.6 Å². The predicted molar refractivity (Wildman–Crippen MR) is 153 cm³/mol. The average Bonchev–Trinajstić information content (AvgIpc) is 3.71. The van der Waals surface area contributed by atoms with Crippen molar-refractivity contribution >= 4 is 40.5 Å². The van der Waals surface area contributed by atoms with E-state index in [0.29, 0.717) is 23.7 Å². The Labute approximate surface area is 242 Å². The first-order chi connectivity index (χ1) is 19.7. The Hall–Kier alpha value is -3.94. The van der Waals surface area contributed by atoms with Crippen molar-refractivity contribution in [3.05, 3.63) is 34.1 Å². The van der Waals surface area contributed by atoms with Crippen LogP contribution in [-0.4, -0.2) is 102 Å². The third-order valence-electron chi connectivity index (χ3n) is 8.87. The van der Waals surface area contributed by atoms with E-state index in [1.165, 1.54) is 4.90 Å². The second-order valence-corrected chi connectivity index (χ2v) is 12.1. The van der Waals surface area contributed by atoms with E-state index in [0.717, 1.165) is 12.8 Å². The minimum absolute atomic E-state index is 0.00938. The van der Waals surface area contributed by atoms with Crippen LogP contribution >= 0.6 is 0 Å². The van der Waals surface area contributed by atoms with Gasteiger partial charge in [0, 0.05) is 31.3 Å². The number of hydrogen-bond acceptors (Lipinski definition) is 11. The van der Waals surface area contributed by atoms with Crippen LogP contribution in [0.1, 0.15) is 30.4 Å². The normalized spacial score (nSPS) is 27.0. The maximum Gasteiger partial charge on any atom is 0.255 e. The fourth-order valence-corrected chi connectivity index (χ4v) is 6.69. The number of aliphatic hydroxyl groups excluding tert-OH is 2. The van der Waals surface area contributed by atoms with Gasteiger partial charge in [-0.2, -0.15) is 0 Å². The second-order valence-electron chi connectivity index (χ2n) is 12.1. The SMILES string of the molecule is CN(C)c1cc(NC(=O)CNCC2CC2)c(O)c2c1CC1CC3[C@H](N(C)C)C(=O)C(C(N)=O)=C(O)C3(O)C(=O)C1=C2O. The Balaban J connectivity index is 1.61. The molecule has 0 saturated heterocycles. The summed E-state index contributed by atoms with van der Waals surface area (Å²) in [5, 5.41) is 51.3. The van der Waals surface area contributed by atoms with Crippen molar-refractivity contribution in [3.8, 4) is 5.75 Å². The number of nitrogens with one attached hydrogen (secondary N) is 2. The second kappa shape index (κ2) is 10.4. The van der Waals surface area contributed by atoms with E-state index in [4.69, 9.17) is 5.73 Å². The number of amides is 2. The molecule has 0 radical (unpaired) electrons. The van der Waals surface area contributed by atoms with E-state index >= 15 is 0 Å². The third kappa shape index (κ3) is 4.52.